The summed E-state index contributed by atoms with van der Waals surface area (Å²) in [4.78, 5) is 22.9. The summed E-state index contributed by atoms with van der Waals surface area (Å²) in [6, 6.07) is 10.4. The summed E-state index contributed by atoms with van der Waals surface area (Å²) in [5.74, 6) is 1.78. The van der Waals surface area contributed by atoms with Crippen molar-refractivity contribution in [1.82, 2.24) is 25.2 Å². The Morgan fingerprint density at radius 3 is 2.50 bits per heavy atom. The number of benzene rings is 1. The summed E-state index contributed by atoms with van der Waals surface area (Å²) in [5, 5.41) is 6.66. The van der Waals surface area contributed by atoms with Crippen LogP contribution < -0.4 is 10.2 Å². The Bertz CT molecular complexity index is 983. The number of nitrogens with zero attached hydrogens (tertiary/aromatic N) is 6. The lowest BCUT2D eigenvalue weighted by Crippen LogP contribution is -2.53. The number of hydrogen-bond donors (Lipinski definition) is 1. The van der Waals surface area contributed by atoms with Crippen molar-refractivity contribution in [1.29, 1.82) is 0 Å². The zero-order valence-electron chi connectivity index (χ0n) is 18.6. The van der Waals surface area contributed by atoms with Crippen molar-refractivity contribution < 1.29 is 0 Å². The normalized spacial score (nSPS) is 14.2. The molecule has 1 aliphatic rings. The van der Waals surface area contributed by atoms with Crippen molar-refractivity contribution in [3.05, 3.63) is 59.4 Å². The maximum absolute atomic E-state index is 4.87. The fourth-order valence-corrected chi connectivity index (χ4v) is 4.39. The molecule has 0 aliphatic carbocycles. The highest BCUT2D eigenvalue weighted by Crippen LogP contribution is 2.24. The van der Waals surface area contributed by atoms with Gasteiger partial charge in [0.05, 0.1) is 5.69 Å². The van der Waals surface area contributed by atoms with Crippen molar-refractivity contribution >= 4 is 47.2 Å². The fourth-order valence-electron chi connectivity index (χ4n) is 3.53. The van der Waals surface area contributed by atoms with Crippen LogP contribution in [0.4, 0.5) is 5.95 Å². The summed E-state index contributed by atoms with van der Waals surface area (Å²) in [6.07, 6.45) is 4.43. The second-order valence-corrected chi connectivity index (χ2v) is 8.38. The summed E-state index contributed by atoms with van der Waals surface area (Å²) < 4.78 is 0. The van der Waals surface area contributed by atoms with Gasteiger partial charge >= 0.3 is 0 Å². The van der Waals surface area contributed by atoms with Gasteiger partial charge in [0.1, 0.15) is 5.01 Å². The lowest BCUT2D eigenvalue weighted by molar-refractivity contribution is 0.370. The molecule has 32 heavy (non-hydrogen) atoms. The Kier molecular flexibility index (Phi) is 9.22. The van der Waals surface area contributed by atoms with Gasteiger partial charge < -0.3 is 15.1 Å². The Balaban J connectivity index is 0.00000289. The number of anilines is 1. The van der Waals surface area contributed by atoms with Crippen LogP contribution in [0.25, 0.3) is 10.6 Å². The van der Waals surface area contributed by atoms with E-state index in [1.807, 2.05) is 6.07 Å². The Hall–Kier alpha value is -2.27. The third-order valence-electron chi connectivity index (χ3n) is 5.23. The van der Waals surface area contributed by atoms with Gasteiger partial charge in [-0.3, -0.25) is 4.99 Å². The number of aliphatic imine (C=N–C) groups is 1. The van der Waals surface area contributed by atoms with E-state index in [1.165, 1.54) is 11.1 Å². The fraction of sp³-hybridized carbons (Fsp3) is 0.391. The first-order valence-electron chi connectivity index (χ1n) is 10.8. The van der Waals surface area contributed by atoms with Crippen molar-refractivity contribution in [2.75, 3.05) is 44.2 Å². The summed E-state index contributed by atoms with van der Waals surface area (Å²) in [5.41, 5.74) is 3.55. The quantitative estimate of drug-likeness (QED) is 0.279. The standard InChI is InChI=1S/C23H29N7S.HI/c1-3-24-22(29-13-15-30(16-14-29)23-25-10-4-11-26-23)27-12-9-20-17-31-21(28-20)19-7-5-18(2)6-8-19;/h4-8,10-11,17H,3,9,12-16H2,1-2H3,(H,24,27);1H. The van der Waals surface area contributed by atoms with Crippen LogP contribution in [0.2, 0.25) is 0 Å². The van der Waals surface area contributed by atoms with Gasteiger partial charge in [0.2, 0.25) is 5.95 Å². The van der Waals surface area contributed by atoms with Gasteiger partial charge in [0.15, 0.2) is 5.96 Å². The molecule has 9 heteroatoms. The highest BCUT2D eigenvalue weighted by molar-refractivity contribution is 14.0. The molecule has 1 N–H and O–H groups in total. The van der Waals surface area contributed by atoms with Gasteiger partial charge in [0, 0.05) is 69.0 Å². The largest absolute Gasteiger partial charge is 0.357 e. The number of thiazole rings is 1. The van der Waals surface area contributed by atoms with E-state index >= 15 is 0 Å². The van der Waals surface area contributed by atoms with Gasteiger partial charge in [-0.05, 0) is 19.9 Å². The average molecular weight is 564 g/mol. The van der Waals surface area contributed by atoms with Crippen molar-refractivity contribution in [3.8, 4) is 10.6 Å². The van der Waals surface area contributed by atoms with Gasteiger partial charge in [-0.15, -0.1) is 35.3 Å². The molecule has 1 fully saturated rings. The Morgan fingerprint density at radius 2 is 1.81 bits per heavy atom. The average Bonchev–Trinajstić information content (AvgIpc) is 3.29. The molecule has 170 valence electrons. The molecule has 0 atom stereocenters. The number of piperazine rings is 1. The van der Waals surface area contributed by atoms with Gasteiger partial charge in [-0.2, -0.15) is 0 Å². The molecule has 4 rings (SSSR count). The number of rotatable bonds is 6. The lowest BCUT2D eigenvalue weighted by atomic mass is 10.2. The highest BCUT2D eigenvalue weighted by atomic mass is 127. The maximum atomic E-state index is 4.87. The molecular weight excluding hydrogens is 533 g/mol. The molecule has 1 aliphatic heterocycles. The minimum atomic E-state index is 0. The van der Waals surface area contributed by atoms with Gasteiger partial charge in [0.25, 0.3) is 0 Å². The Labute approximate surface area is 211 Å². The number of nitrogens with one attached hydrogen (secondary N) is 1. The van der Waals surface area contributed by atoms with E-state index < -0.39 is 0 Å². The van der Waals surface area contributed by atoms with Crippen LogP contribution in [0.15, 0.2) is 53.1 Å². The van der Waals surface area contributed by atoms with Crippen molar-refractivity contribution in [3.63, 3.8) is 0 Å². The molecule has 3 aromatic rings. The van der Waals surface area contributed by atoms with Crippen molar-refractivity contribution in [2.45, 2.75) is 20.3 Å². The topological polar surface area (TPSA) is 69.5 Å². The summed E-state index contributed by atoms with van der Waals surface area (Å²) >= 11 is 1.70. The highest BCUT2D eigenvalue weighted by Gasteiger charge is 2.21. The molecule has 0 bridgehead atoms. The first-order valence-corrected chi connectivity index (χ1v) is 11.7. The number of aryl methyl sites for hydroxylation is 1. The Morgan fingerprint density at radius 1 is 1.09 bits per heavy atom. The molecule has 0 unspecified atom stereocenters. The predicted octanol–water partition coefficient (Wildman–Crippen LogP) is 3.86. The molecule has 0 amide bonds. The zero-order valence-corrected chi connectivity index (χ0v) is 21.7. The first-order chi connectivity index (χ1) is 15.2. The van der Waals surface area contributed by atoms with Gasteiger partial charge in [-0.1, -0.05) is 29.8 Å². The van der Waals surface area contributed by atoms with Gasteiger partial charge in [-0.25, -0.2) is 15.0 Å². The van der Waals surface area contributed by atoms with E-state index in [2.05, 4.69) is 68.6 Å². The van der Waals surface area contributed by atoms with Crippen LogP contribution in [0.5, 0.6) is 0 Å². The lowest BCUT2D eigenvalue weighted by Gasteiger charge is -2.36. The second-order valence-electron chi connectivity index (χ2n) is 7.52. The van der Waals surface area contributed by atoms with Crippen LogP contribution >= 0.6 is 35.3 Å². The molecule has 1 saturated heterocycles. The third-order valence-corrected chi connectivity index (χ3v) is 6.17. The number of halogens is 1. The molecule has 2 aromatic heterocycles. The van der Waals surface area contributed by atoms with E-state index in [0.29, 0.717) is 0 Å². The van der Waals surface area contributed by atoms with Crippen molar-refractivity contribution in [2.24, 2.45) is 4.99 Å². The van der Waals surface area contributed by atoms with E-state index in [4.69, 9.17) is 9.98 Å². The van der Waals surface area contributed by atoms with Crippen LogP contribution in [0, 0.1) is 6.92 Å². The van der Waals surface area contributed by atoms with E-state index in [0.717, 1.165) is 68.3 Å². The minimum Gasteiger partial charge on any atom is -0.357 e. The molecule has 0 radical (unpaired) electrons. The van der Waals surface area contributed by atoms with Crippen LogP contribution in [-0.2, 0) is 6.42 Å². The summed E-state index contributed by atoms with van der Waals surface area (Å²) in [7, 11) is 0. The second kappa shape index (κ2) is 12.1. The molecule has 1 aromatic carbocycles. The van der Waals surface area contributed by atoms with Crippen LogP contribution in [0.1, 0.15) is 18.2 Å². The van der Waals surface area contributed by atoms with Crippen LogP contribution in [-0.4, -0.2) is 65.1 Å². The van der Waals surface area contributed by atoms with E-state index in [1.54, 1.807) is 23.7 Å². The maximum Gasteiger partial charge on any atom is 0.225 e. The minimum absolute atomic E-state index is 0. The third kappa shape index (κ3) is 6.38. The number of guanidine groups is 1. The molecule has 0 spiro atoms. The van der Waals surface area contributed by atoms with Crippen LogP contribution in [0.3, 0.4) is 0 Å². The monoisotopic (exact) mass is 563 g/mol. The molecular formula is C23H30IN7S. The zero-order chi connectivity index (χ0) is 21.5. The predicted molar refractivity (Wildman–Crippen MR) is 143 cm³/mol. The molecule has 7 nitrogen and oxygen atoms in total. The number of aromatic nitrogens is 3. The first kappa shape index (κ1) is 24.4. The summed E-state index contributed by atoms with van der Waals surface area (Å²) in [6.45, 7) is 9.37. The molecule has 3 heterocycles. The molecule has 0 saturated carbocycles. The smallest absolute Gasteiger partial charge is 0.225 e. The van der Waals surface area contributed by atoms with E-state index in [9.17, 15) is 0 Å². The van der Waals surface area contributed by atoms with E-state index in [-0.39, 0.29) is 24.0 Å². The SMILES string of the molecule is CCNC(=NCCc1csc(-c2ccc(C)cc2)n1)N1CCN(c2ncccn2)CC1.I. The number of hydrogen-bond acceptors (Lipinski definition) is 6.